The number of benzene rings is 8. The molecule has 0 spiro atoms. The first kappa shape index (κ1) is 20.9. The number of imidazole rings is 1. The Morgan fingerprint density at radius 2 is 1.09 bits per heavy atom. The first-order valence-electron chi connectivity index (χ1n) is 19.3. The van der Waals surface area contributed by atoms with Gasteiger partial charge in [0.05, 0.1) is 20.6 Å². The molecule has 222 valence electrons. The van der Waals surface area contributed by atoms with Gasteiger partial charge in [-0.15, -0.1) is 0 Å². The number of para-hydroxylation sites is 2. The van der Waals surface area contributed by atoms with Crippen LogP contribution in [0.15, 0.2) is 164 Å². The second-order valence-corrected chi connectivity index (χ2v) is 11.7. The van der Waals surface area contributed by atoms with Gasteiger partial charge in [-0.1, -0.05) is 146 Å². The van der Waals surface area contributed by atoms with E-state index in [-0.39, 0.29) is 46.5 Å². The van der Waals surface area contributed by atoms with E-state index >= 15 is 0 Å². The molecule has 9 aromatic rings. The van der Waals surface area contributed by atoms with E-state index in [9.17, 15) is 0 Å². The number of fused-ring (bicyclic) bond motifs is 4. The summed E-state index contributed by atoms with van der Waals surface area (Å²) in [7, 11) is 0. The van der Waals surface area contributed by atoms with E-state index < -0.39 is 12.1 Å². The molecule has 0 aliphatic carbocycles. The molecule has 2 heteroatoms. The summed E-state index contributed by atoms with van der Waals surface area (Å²) in [4.78, 5) is 4.84. The first-order valence-corrected chi connectivity index (χ1v) is 15.8. The van der Waals surface area contributed by atoms with Gasteiger partial charge in [0.15, 0.2) is 0 Å². The Hall–Kier alpha value is -5.99. The minimum atomic E-state index is -0.467. The minimum absolute atomic E-state index is 0.0537. The molecule has 0 fully saturated rings. The molecule has 9 rings (SSSR count). The van der Waals surface area contributed by atoms with Crippen molar-refractivity contribution in [3.8, 4) is 39.1 Å². The summed E-state index contributed by atoms with van der Waals surface area (Å²) in [5.41, 5.74) is 8.10. The number of hydrogen-bond donors (Lipinski definition) is 0. The van der Waals surface area contributed by atoms with Gasteiger partial charge in [-0.05, 0) is 90.0 Å². The van der Waals surface area contributed by atoms with E-state index in [0.29, 0.717) is 5.56 Å². The van der Waals surface area contributed by atoms with Crippen molar-refractivity contribution in [2.75, 3.05) is 0 Å². The molecule has 0 amide bonds. The van der Waals surface area contributed by atoms with E-state index in [2.05, 4.69) is 66.1 Å². The summed E-state index contributed by atoms with van der Waals surface area (Å²) in [5, 5.41) is 3.39. The molecular formula is C45H32N2. The van der Waals surface area contributed by atoms with Crippen LogP contribution >= 0.6 is 0 Å². The van der Waals surface area contributed by atoms with Gasteiger partial charge in [-0.25, -0.2) is 4.98 Å². The summed E-state index contributed by atoms with van der Waals surface area (Å²) in [6, 6.07) is 38.3. The van der Waals surface area contributed by atoms with Crippen LogP contribution < -0.4 is 0 Å². The average molecular weight is 608 g/mol. The Labute approximate surface area is 284 Å². The molecule has 0 saturated carbocycles. The molecule has 0 atom stereocenters. The Bertz CT molecular complexity index is 2920. The van der Waals surface area contributed by atoms with Crippen LogP contribution in [0.25, 0.3) is 82.4 Å². The van der Waals surface area contributed by atoms with Gasteiger partial charge >= 0.3 is 0 Å². The molecule has 1 heterocycles. The molecule has 2 nitrogen and oxygen atoms in total. The van der Waals surface area contributed by atoms with Crippen molar-refractivity contribution >= 4 is 43.4 Å². The zero-order chi connectivity index (χ0) is 37.4. The van der Waals surface area contributed by atoms with Gasteiger partial charge in [-0.3, -0.25) is 4.57 Å². The Morgan fingerprint density at radius 1 is 0.532 bits per heavy atom. The lowest BCUT2D eigenvalue weighted by atomic mass is 9.84. The van der Waals surface area contributed by atoms with Crippen LogP contribution in [-0.2, 0) is 6.42 Å². The Kier molecular flexibility index (Phi) is 4.95. The van der Waals surface area contributed by atoms with Crippen molar-refractivity contribution < 1.29 is 9.60 Å². The lowest BCUT2D eigenvalue weighted by molar-refractivity contribution is 0.908. The van der Waals surface area contributed by atoms with Gasteiger partial charge < -0.3 is 0 Å². The van der Waals surface area contributed by atoms with E-state index in [1.54, 1.807) is 0 Å². The predicted molar refractivity (Wildman–Crippen MR) is 199 cm³/mol. The number of nitrogens with zero attached hydrogens (tertiary/aromatic N) is 2. The summed E-state index contributed by atoms with van der Waals surface area (Å²) >= 11 is 0. The molecule has 0 N–H and O–H groups in total. The van der Waals surface area contributed by atoms with Crippen molar-refractivity contribution in [3.63, 3.8) is 0 Å². The van der Waals surface area contributed by atoms with Crippen LogP contribution in [0.4, 0.5) is 0 Å². The maximum Gasteiger partial charge on any atom is 0.114 e. The number of hydrogen-bond acceptors (Lipinski definition) is 1. The number of rotatable bonds is 5. The zero-order valence-electron chi connectivity index (χ0n) is 32.6. The SMILES string of the molecule is [2H]c1c([2H])c([2H])c2c(-c3c4ccccc4c(-c4ccc(-c5ccc(-n6c(CC)nc7ccccc76)cc5)cc4)c4ccccc34)c([2H])c([2H])c([2H])c2c1[2H]. The van der Waals surface area contributed by atoms with Crippen LogP contribution in [0.1, 0.15) is 22.3 Å². The third-order valence-electron chi connectivity index (χ3n) is 9.07. The fourth-order valence-electron chi connectivity index (χ4n) is 6.94. The molecule has 1 aromatic heterocycles. The zero-order valence-corrected chi connectivity index (χ0v) is 25.6. The molecule has 47 heavy (non-hydrogen) atoms. The van der Waals surface area contributed by atoms with E-state index in [1.807, 2.05) is 66.7 Å². The average Bonchev–Trinajstić information content (AvgIpc) is 3.59. The summed E-state index contributed by atoms with van der Waals surface area (Å²) < 4.78 is 63.2. The fourth-order valence-corrected chi connectivity index (χ4v) is 6.94. The molecule has 0 aliphatic heterocycles. The summed E-state index contributed by atoms with van der Waals surface area (Å²) in [5.74, 6) is 1.02. The maximum absolute atomic E-state index is 9.17. The lowest BCUT2D eigenvalue weighted by Crippen LogP contribution is -1.99. The highest BCUT2D eigenvalue weighted by Crippen LogP contribution is 2.45. The van der Waals surface area contributed by atoms with Crippen molar-refractivity contribution in [1.82, 2.24) is 9.55 Å². The van der Waals surface area contributed by atoms with Crippen molar-refractivity contribution in [2.45, 2.75) is 13.3 Å². The number of aryl methyl sites for hydroxylation is 1. The predicted octanol–water partition coefficient (Wildman–Crippen LogP) is 12.0. The molecule has 0 saturated heterocycles. The van der Waals surface area contributed by atoms with E-state index in [0.717, 1.165) is 72.8 Å². The van der Waals surface area contributed by atoms with Gasteiger partial charge in [-0.2, -0.15) is 0 Å². The van der Waals surface area contributed by atoms with Gasteiger partial charge in [0.25, 0.3) is 0 Å². The quantitative estimate of drug-likeness (QED) is 0.178. The third-order valence-corrected chi connectivity index (χ3v) is 9.07. The van der Waals surface area contributed by atoms with Gasteiger partial charge in [0, 0.05) is 12.1 Å². The minimum Gasteiger partial charge on any atom is -0.296 e. The van der Waals surface area contributed by atoms with Gasteiger partial charge in [0.2, 0.25) is 0 Å². The lowest BCUT2D eigenvalue weighted by Gasteiger charge is -2.19. The van der Waals surface area contributed by atoms with Gasteiger partial charge in [0.1, 0.15) is 5.82 Å². The first-order chi connectivity index (χ1) is 26.2. The second-order valence-electron chi connectivity index (χ2n) is 11.7. The largest absolute Gasteiger partial charge is 0.296 e. The fraction of sp³-hybridized carbons (Fsp3) is 0.0444. The summed E-state index contributed by atoms with van der Waals surface area (Å²) in [6.07, 6.45) is 0.822. The van der Waals surface area contributed by atoms with Crippen molar-refractivity contribution in [1.29, 1.82) is 0 Å². The summed E-state index contributed by atoms with van der Waals surface area (Å²) in [6.45, 7) is 2.12. The maximum atomic E-state index is 9.17. The molecular weight excluding hydrogens is 569 g/mol. The van der Waals surface area contributed by atoms with Crippen LogP contribution in [0.5, 0.6) is 0 Å². The van der Waals surface area contributed by atoms with Crippen LogP contribution in [0.3, 0.4) is 0 Å². The highest BCUT2D eigenvalue weighted by atomic mass is 15.1. The normalized spacial score (nSPS) is 13.7. The Morgan fingerprint density at radius 3 is 1.77 bits per heavy atom. The van der Waals surface area contributed by atoms with Crippen LogP contribution in [0.2, 0.25) is 0 Å². The standard InChI is InChI=1S/C45H32N2/c1-2-43-46-41-20-9-10-21-42(41)47(43)34-28-26-31(27-29-34)30-22-24-33(25-23-30)44-37-15-5-7-17-39(37)45(40-18-8-6-16-38(40)44)36-19-11-13-32-12-3-4-14-35(32)36/h3-29H,2H2,1H3/i3D,4D,11D,12D,13D,14D,19D. The molecule has 0 bridgehead atoms. The molecule has 0 aliphatic rings. The molecule has 0 unspecified atom stereocenters. The molecule has 8 aromatic carbocycles. The molecule has 0 radical (unpaired) electrons. The van der Waals surface area contributed by atoms with Crippen LogP contribution in [-0.4, -0.2) is 9.55 Å². The third kappa shape index (κ3) is 4.45. The highest BCUT2D eigenvalue weighted by Gasteiger charge is 2.18. The van der Waals surface area contributed by atoms with Crippen molar-refractivity contribution in [2.24, 2.45) is 0 Å². The highest BCUT2D eigenvalue weighted by molar-refractivity contribution is 6.23. The van der Waals surface area contributed by atoms with Crippen LogP contribution in [0, 0.1) is 0 Å². The van der Waals surface area contributed by atoms with E-state index in [4.69, 9.17) is 14.6 Å². The Balaban J connectivity index is 1.22. The number of aromatic nitrogens is 2. The van der Waals surface area contributed by atoms with E-state index in [1.165, 1.54) is 0 Å². The smallest absolute Gasteiger partial charge is 0.114 e. The van der Waals surface area contributed by atoms with Crippen molar-refractivity contribution in [3.05, 3.63) is 169 Å². The topological polar surface area (TPSA) is 17.8 Å². The second kappa shape index (κ2) is 11.1. The monoisotopic (exact) mass is 607 g/mol.